The summed E-state index contributed by atoms with van der Waals surface area (Å²) in [7, 11) is 0. The first-order valence-electron chi connectivity index (χ1n) is 16.4. The summed E-state index contributed by atoms with van der Waals surface area (Å²) in [6.45, 7) is 25.8. The maximum atomic E-state index is 4.52. The second kappa shape index (κ2) is 17.7. The molecule has 0 fully saturated rings. The molecule has 1 heterocycles. The lowest BCUT2D eigenvalue weighted by atomic mass is 9.86. The van der Waals surface area contributed by atoms with Crippen LogP contribution in [-0.2, 0) is 6.42 Å². The molecule has 2 aromatic carbocycles. The van der Waals surface area contributed by atoms with Crippen molar-refractivity contribution in [1.29, 1.82) is 0 Å². The van der Waals surface area contributed by atoms with Gasteiger partial charge in [-0.25, -0.2) is 0 Å². The maximum Gasteiger partial charge on any atom is 0.0346 e. The fourth-order valence-electron chi connectivity index (χ4n) is 5.65. The van der Waals surface area contributed by atoms with E-state index in [-0.39, 0.29) is 0 Å². The molecule has 0 amide bonds. The Morgan fingerprint density at radius 3 is 2.22 bits per heavy atom. The molecule has 3 rings (SSSR count). The Kier molecular flexibility index (Phi) is 13.7. The van der Waals surface area contributed by atoms with Crippen molar-refractivity contribution < 1.29 is 0 Å². The van der Waals surface area contributed by atoms with E-state index < -0.39 is 0 Å². The fraction of sp³-hybridized carbons (Fsp3) is 0.222. The molecule has 0 aliphatic heterocycles. The van der Waals surface area contributed by atoms with Crippen molar-refractivity contribution in [2.24, 2.45) is 0 Å². The van der Waals surface area contributed by atoms with Crippen molar-refractivity contribution in [2.75, 3.05) is 0 Å². The first-order chi connectivity index (χ1) is 22.2. The highest BCUT2D eigenvalue weighted by molar-refractivity contribution is 5.87. The summed E-state index contributed by atoms with van der Waals surface area (Å²) < 4.78 is 0. The molecule has 0 aliphatic carbocycles. The second-order valence-electron chi connectivity index (χ2n) is 11.6. The van der Waals surface area contributed by atoms with Gasteiger partial charge in [0.05, 0.1) is 0 Å². The van der Waals surface area contributed by atoms with E-state index in [0.29, 0.717) is 0 Å². The Hall–Kier alpha value is -4.75. The summed E-state index contributed by atoms with van der Waals surface area (Å²) in [5, 5.41) is 0. The molecule has 0 radical (unpaired) electrons. The third-order valence-electron chi connectivity index (χ3n) is 8.39. The van der Waals surface area contributed by atoms with Crippen molar-refractivity contribution >= 4 is 29.4 Å². The largest absolute Gasteiger partial charge is 0.264 e. The summed E-state index contributed by atoms with van der Waals surface area (Å²) in [4.78, 5) is 4.48. The lowest BCUT2D eigenvalue weighted by Crippen LogP contribution is -1.99. The molecule has 0 bridgehead atoms. The quantitative estimate of drug-likeness (QED) is 0.177. The van der Waals surface area contributed by atoms with Gasteiger partial charge in [0.2, 0.25) is 0 Å². The summed E-state index contributed by atoms with van der Waals surface area (Å²) in [6.07, 6.45) is 25.4. The Bertz CT molecular complexity index is 1770. The van der Waals surface area contributed by atoms with E-state index in [1.165, 1.54) is 50.1 Å². The van der Waals surface area contributed by atoms with E-state index in [0.717, 1.165) is 40.7 Å². The lowest BCUT2D eigenvalue weighted by molar-refractivity contribution is 1.11. The predicted octanol–water partition coefficient (Wildman–Crippen LogP) is 13.1. The highest BCUT2D eigenvalue weighted by atomic mass is 14.6. The standard InChI is InChI=1S/C45H51N/c1-11-19-39(44(20-12-2)42(16-6)45-24-18-22-37(14-4)41(45)15-5)28-33(8)34(9)29-40-31-46-26-25-43(40)35(10)38-23-17-21-36(30-38)27-32(7)13-3/h11-12,14,16-31H,4,10,13,15H2,1-3,5-9H3/b19-11+,20-12-,32-27+,33-28+,34-29+,42-16?,44-39-. The number of pyridine rings is 1. The average molecular weight is 606 g/mol. The molecule has 0 aliphatic rings. The molecule has 3 aromatic rings. The van der Waals surface area contributed by atoms with Crippen molar-refractivity contribution in [3.05, 3.63) is 177 Å². The fourth-order valence-corrected chi connectivity index (χ4v) is 5.65. The highest BCUT2D eigenvalue weighted by Gasteiger charge is 2.14. The van der Waals surface area contributed by atoms with Gasteiger partial charge in [-0.1, -0.05) is 118 Å². The highest BCUT2D eigenvalue weighted by Crippen LogP contribution is 2.34. The van der Waals surface area contributed by atoms with Crippen LogP contribution in [0.15, 0.2) is 138 Å². The third-order valence-corrected chi connectivity index (χ3v) is 8.39. The van der Waals surface area contributed by atoms with Gasteiger partial charge in [0.25, 0.3) is 0 Å². The van der Waals surface area contributed by atoms with Crippen LogP contribution in [0.2, 0.25) is 0 Å². The summed E-state index contributed by atoms with van der Waals surface area (Å²) in [5.41, 5.74) is 16.5. The van der Waals surface area contributed by atoms with Gasteiger partial charge in [0, 0.05) is 18.0 Å². The van der Waals surface area contributed by atoms with E-state index in [2.05, 4.69) is 171 Å². The summed E-state index contributed by atoms with van der Waals surface area (Å²) >= 11 is 0. The number of allylic oxidation sites excluding steroid dienone is 12. The molecule has 1 aromatic heterocycles. The normalized spacial score (nSPS) is 13.8. The van der Waals surface area contributed by atoms with Crippen molar-refractivity contribution in [2.45, 2.75) is 68.2 Å². The van der Waals surface area contributed by atoms with Gasteiger partial charge in [-0.3, -0.25) is 4.98 Å². The molecule has 1 nitrogen and oxygen atoms in total. The van der Waals surface area contributed by atoms with Crippen molar-refractivity contribution in [1.82, 2.24) is 4.98 Å². The maximum absolute atomic E-state index is 4.52. The van der Waals surface area contributed by atoms with Gasteiger partial charge < -0.3 is 0 Å². The molecular weight excluding hydrogens is 555 g/mol. The van der Waals surface area contributed by atoms with Gasteiger partial charge in [-0.2, -0.15) is 0 Å². The van der Waals surface area contributed by atoms with Crippen LogP contribution in [0.25, 0.3) is 29.4 Å². The predicted molar refractivity (Wildman–Crippen MR) is 206 cm³/mol. The molecule has 0 spiro atoms. The zero-order valence-corrected chi connectivity index (χ0v) is 29.2. The van der Waals surface area contributed by atoms with Gasteiger partial charge in [-0.05, 0) is 139 Å². The van der Waals surface area contributed by atoms with E-state index >= 15 is 0 Å². The van der Waals surface area contributed by atoms with Crippen LogP contribution in [0.5, 0.6) is 0 Å². The summed E-state index contributed by atoms with van der Waals surface area (Å²) in [5.74, 6) is 0. The minimum Gasteiger partial charge on any atom is -0.264 e. The molecule has 46 heavy (non-hydrogen) atoms. The van der Waals surface area contributed by atoms with Crippen LogP contribution >= 0.6 is 0 Å². The number of hydrogen-bond acceptors (Lipinski definition) is 1. The SMILES string of the molecule is C=Cc1cccc(C(=CC)C(/C=C\C)=C(/C=C/C)\C=C(C)\C(C)=C\c2cnccc2C(=C)c2cccc(/C=C(\C)CC)c2)c1CC. The Morgan fingerprint density at radius 1 is 0.826 bits per heavy atom. The molecule has 0 atom stereocenters. The van der Waals surface area contributed by atoms with Crippen LogP contribution in [-0.4, -0.2) is 4.98 Å². The zero-order valence-electron chi connectivity index (χ0n) is 29.2. The number of aromatic nitrogens is 1. The van der Waals surface area contributed by atoms with E-state index in [1.807, 2.05) is 18.5 Å². The zero-order chi connectivity index (χ0) is 33.6. The number of nitrogens with zero attached hydrogens (tertiary/aromatic N) is 1. The molecule has 0 N–H and O–H groups in total. The minimum absolute atomic E-state index is 0.936. The molecule has 0 unspecified atom stereocenters. The lowest BCUT2D eigenvalue weighted by Gasteiger charge is -2.18. The van der Waals surface area contributed by atoms with Gasteiger partial charge in [0.15, 0.2) is 0 Å². The third kappa shape index (κ3) is 8.92. The van der Waals surface area contributed by atoms with Gasteiger partial charge in [0.1, 0.15) is 0 Å². The van der Waals surface area contributed by atoms with Gasteiger partial charge >= 0.3 is 0 Å². The van der Waals surface area contributed by atoms with Crippen LogP contribution in [0, 0.1) is 0 Å². The molecule has 0 saturated carbocycles. The smallest absolute Gasteiger partial charge is 0.0346 e. The van der Waals surface area contributed by atoms with Crippen LogP contribution < -0.4 is 0 Å². The first-order valence-corrected chi connectivity index (χ1v) is 16.4. The first kappa shape index (κ1) is 35.7. The molecule has 1 heteroatoms. The average Bonchev–Trinajstić information content (AvgIpc) is 3.07. The van der Waals surface area contributed by atoms with Crippen molar-refractivity contribution in [3.63, 3.8) is 0 Å². The van der Waals surface area contributed by atoms with E-state index in [1.54, 1.807) is 0 Å². The Morgan fingerprint density at radius 2 is 1.57 bits per heavy atom. The minimum atomic E-state index is 0.936. The van der Waals surface area contributed by atoms with Crippen molar-refractivity contribution in [3.8, 4) is 0 Å². The van der Waals surface area contributed by atoms with Crippen LogP contribution in [0.1, 0.15) is 101 Å². The number of rotatable bonds is 13. The molecule has 236 valence electrons. The van der Waals surface area contributed by atoms with E-state index in [4.69, 9.17) is 0 Å². The topological polar surface area (TPSA) is 12.9 Å². The Labute approximate surface area is 279 Å². The molecule has 0 saturated heterocycles. The second-order valence-corrected chi connectivity index (χ2v) is 11.6. The van der Waals surface area contributed by atoms with Crippen LogP contribution in [0.3, 0.4) is 0 Å². The number of benzene rings is 2. The van der Waals surface area contributed by atoms with Crippen LogP contribution in [0.4, 0.5) is 0 Å². The summed E-state index contributed by atoms with van der Waals surface area (Å²) in [6, 6.07) is 17.2. The Balaban J connectivity index is 2.12. The number of hydrogen-bond donors (Lipinski definition) is 0. The van der Waals surface area contributed by atoms with Gasteiger partial charge in [-0.15, -0.1) is 0 Å². The van der Waals surface area contributed by atoms with E-state index in [9.17, 15) is 0 Å². The molecular formula is C45H51N. The monoisotopic (exact) mass is 605 g/mol.